The van der Waals surface area contributed by atoms with E-state index in [2.05, 4.69) is 9.98 Å². The van der Waals surface area contributed by atoms with Gasteiger partial charge in [-0.05, 0) is 56.2 Å². The van der Waals surface area contributed by atoms with E-state index in [1.165, 1.54) is 12.1 Å². The molecule has 0 saturated heterocycles. The van der Waals surface area contributed by atoms with Crippen LogP contribution in [-0.4, -0.2) is 23.7 Å². The van der Waals surface area contributed by atoms with E-state index in [0.717, 1.165) is 0 Å². The zero-order chi connectivity index (χ0) is 18.3. The van der Waals surface area contributed by atoms with Gasteiger partial charge in [0.15, 0.2) is 5.84 Å². The second-order valence-electron chi connectivity index (χ2n) is 6.53. The van der Waals surface area contributed by atoms with Gasteiger partial charge >= 0.3 is 0 Å². The number of fused-ring (bicyclic) bond motifs is 2. The smallest absolute Gasteiger partial charge is 0.260 e. The number of nitrogens with zero attached hydrogens (tertiary/aromatic N) is 2. The Labute approximate surface area is 150 Å². The fourth-order valence-corrected chi connectivity index (χ4v) is 3.01. The van der Waals surface area contributed by atoms with Crippen LogP contribution in [0.4, 0.5) is 4.39 Å². The number of benzene rings is 2. The first-order chi connectivity index (χ1) is 12.5. The van der Waals surface area contributed by atoms with Gasteiger partial charge in [-0.1, -0.05) is 12.1 Å². The number of carbonyl (C=O) groups excluding carboxylic acids is 1. The highest BCUT2D eigenvalue weighted by molar-refractivity contribution is 6.19. The fraction of sp³-hybridized carbons (Fsp3) is 0.250. The molecule has 6 heteroatoms. The molecule has 0 saturated carbocycles. The lowest BCUT2D eigenvalue weighted by Crippen LogP contribution is -2.37. The second-order valence-corrected chi connectivity index (χ2v) is 6.53. The number of carbonyl (C=O) groups is 1. The molecule has 2 aliphatic rings. The normalized spacial score (nSPS) is 18.5. The Morgan fingerprint density at radius 2 is 2.04 bits per heavy atom. The first-order valence-electron chi connectivity index (χ1n) is 8.44. The number of amidine groups is 1. The lowest BCUT2D eigenvalue weighted by molar-refractivity contribution is -0.120. The first kappa shape index (κ1) is 16.4. The Hall–Kier alpha value is -3.02. The van der Waals surface area contributed by atoms with Gasteiger partial charge in [0.2, 0.25) is 5.90 Å². The number of aliphatic imine (C=N–C) groups is 2. The Morgan fingerprint density at radius 1 is 1.19 bits per heavy atom. The van der Waals surface area contributed by atoms with Crippen molar-refractivity contribution in [3.63, 3.8) is 0 Å². The minimum atomic E-state index is -0.608. The molecule has 0 bridgehead atoms. The highest BCUT2D eigenvalue weighted by Gasteiger charge is 2.36. The Bertz CT molecular complexity index is 950. The summed E-state index contributed by atoms with van der Waals surface area (Å²) in [5.41, 5.74) is 1.32. The van der Waals surface area contributed by atoms with E-state index in [1.807, 2.05) is 32.0 Å². The van der Waals surface area contributed by atoms with E-state index in [1.54, 1.807) is 12.1 Å². The predicted octanol–water partition coefficient (Wildman–Crippen LogP) is 3.55. The quantitative estimate of drug-likeness (QED) is 0.849. The SMILES string of the molecule is CC(C)Oc1cccc(C2=NC(=O)C3Cc4cc(F)ccc4OC3=N2)c1. The molecule has 0 spiro atoms. The molecule has 2 aliphatic heterocycles. The van der Waals surface area contributed by atoms with Crippen LogP contribution in [0.25, 0.3) is 0 Å². The number of amides is 1. The number of hydrogen-bond donors (Lipinski definition) is 0. The lowest BCUT2D eigenvalue weighted by atomic mass is 9.94. The highest BCUT2D eigenvalue weighted by Crippen LogP contribution is 2.32. The van der Waals surface area contributed by atoms with E-state index in [0.29, 0.717) is 40.8 Å². The van der Waals surface area contributed by atoms with Gasteiger partial charge < -0.3 is 9.47 Å². The molecular weight excluding hydrogens is 335 g/mol. The number of ether oxygens (including phenoxy) is 2. The van der Waals surface area contributed by atoms with Crippen LogP contribution < -0.4 is 9.47 Å². The summed E-state index contributed by atoms with van der Waals surface area (Å²) in [6, 6.07) is 11.5. The molecular formula is C20H17FN2O3. The van der Waals surface area contributed by atoms with Crippen LogP contribution in [-0.2, 0) is 11.2 Å². The summed E-state index contributed by atoms with van der Waals surface area (Å²) in [5, 5.41) is 0. The van der Waals surface area contributed by atoms with Gasteiger partial charge in [0.1, 0.15) is 23.2 Å². The summed E-state index contributed by atoms with van der Waals surface area (Å²) in [4.78, 5) is 21.1. The van der Waals surface area contributed by atoms with E-state index >= 15 is 0 Å². The lowest BCUT2D eigenvalue weighted by Gasteiger charge is -2.26. The maximum atomic E-state index is 13.4. The molecule has 4 rings (SSSR count). The first-order valence-corrected chi connectivity index (χ1v) is 8.44. The molecule has 0 radical (unpaired) electrons. The molecule has 26 heavy (non-hydrogen) atoms. The van der Waals surface area contributed by atoms with E-state index in [4.69, 9.17) is 9.47 Å². The number of hydrogen-bond acceptors (Lipinski definition) is 4. The van der Waals surface area contributed by atoms with Crippen molar-refractivity contribution in [3.05, 3.63) is 59.4 Å². The minimum Gasteiger partial charge on any atom is -0.491 e. The van der Waals surface area contributed by atoms with Crippen molar-refractivity contribution in [2.24, 2.45) is 15.9 Å². The zero-order valence-corrected chi connectivity index (χ0v) is 14.4. The molecule has 1 unspecified atom stereocenters. The number of halogens is 1. The summed E-state index contributed by atoms with van der Waals surface area (Å²) in [5.74, 6) is 0.489. The van der Waals surface area contributed by atoms with Crippen molar-refractivity contribution >= 4 is 17.6 Å². The van der Waals surface area contributed by atoms with Crippen molar-refractivity contribution in [1.29, 1.82) is 0 Å². The molecule has 0 fully saturated rings. The second kappa shape index (κ2) is 6.37. The van der Waals surface area contributed by atoms with Gasteiger partial charge in [0, 0.05) is 5.56 Å². The summed E-state index contributed by atoms with van der Waals surface area (Å²) >= 11 is 0. The molecule has 0 N–H and O–H groups in total. The number of rotatable bonds is 3. The van der Waals surface area contributed by atoms with Gasteiger partial charge in [-0.2, -0.15) is 9.98 Å². The van der Waals surface area contributed by atoms with Gasteiger partial charge in [-0.15, -0.1) is 0 Å². The summed E-state index contributed by atoms with van der Waals surface area (Å²) < 4.78 is 24.9. The summed E-state index contributed by atoms with van der Waals surface area (Å²) in [6.45, 7) is 3.88. The average molecular weight is 352 g/mol. The summed E-state index contributed by atoms with van der Waals surface area (Å²) in [6.07, 6.45) is 0.368. The van der Waals surface area contributed by atoms with Crippen LogP contribution in [0.2, 0.25) is 0 Å². The maximum Gasteiger partial charge on any atom is 0.260 e. The van der Waals surface area contributed by atoms with Crippen LogP contribution in [0.5, 0.6) is 11.5 Å². The molecule has 2 aromatic carbocycles. The van der Waals surface area contributed by atoms with E-state index < -0.39 is 5.92 Å². The van der Waals surface area contributed by atoms with Crippen molar-refractivity contribution < 1.29 is 18.7 Å². The van der Waals surface area contributed by atoms with Crippen molar-refractivity contribution in [2.75, 3.05) is 0 Å². The van der Waals surface area contributed by atoms with Gasteiger partial charge in [-0.3, -0.25) is 4.79 Å². The fourth-order valence-electron chi connectivity index (χ4n) is 3.01. The van der Waals surface area contributed by atoms with Crippen molar-refractivity contribution in [3.8, 4) is 11.5 Å². The predicted molar refractivity (Wildman–Crippen MR) is 95.4 cm³/mol. The van der Waals surface area contributed by atoms with Crippen LogP contribution in [0.1, 0.15) is 25.0 Å². The Kier molecular flexibility index (Phi) is 4.03. The standard InChI is InChI=1S/C20H17FN2O3/c1-11(2)25-15-5-3-4-12(9-15)18-22-19(24)16-10-13-8-14(21)6-7-17(13)26-20(16)23-18/h3-9,11,16H,10H2,1-2H3. The molecule has 1 atom stereocenters. The topological polar surface area (TPSA) is 60.2 Å². The monoisotopic (exact) mass is 352 g/mol. The molecule has 1 amide bonds. The van der Waals surface area contributed by atoms with Crippen LogP contribution in [0.15, 0.2) is 52.4 Å². The van der Waals surface area contributed by atoms with E-state index in [-0.39, 0.29) is 17.8 Å². The highest BCUT2D eigenvalue weighted by atomic mass is 19.1. The molecule has 2 aromatic rings. The maximum absolute atomic E-state index is 13.4. The van der Waals surface area contributed by atoms with E-state index in [9.17, 15) is 9.18 Å². The summed E-state index contributed by atoms with van der Waals surface area (Å²) in [7, 11) is 0. The largest absolute Gasteiger partial charge is 0.491 e. The van der Waals surface area contributed by atoms with Gasteiger partial charge in [0.05, 0.1) is 6.10 Å². The Morgan fingerprint density at radius 3 is 2.85 bits per heavy atom. The zero-order valence-electron chi connectivity index (χ0n) is 14.4. The third kappa shape index (κ3) is 3.10. The third-order valence-corrected chi connectivity index (χ3v) is 4.15. The van der Waals surface area contributed by atoms with Crippen molar-refractivity contribution in [1.82, 2.24) is 0 Å². The molecule has 2 heterocycles. The van der Waals surface area contributed by atoms with Gasteiger partial charge in [0.25, 0.3) is 5.91 Å². The minimum absolute atomic E-state index is 0.0365. The molecule has 0 aromatic heterocycles. The molecule has 132 valence electrons. The average Bonchev–Trinajstić information content (AvgIpc) is 2.60. The van der Waals surface area contributed by atoms with Gasteiger partial charge in [-0.25, -0.2) is 4.39 Å². The van der Waals surface area contributed by atoms with Crippen LogP contribution in [0.3, 0.4) is 0 Å². The van der Waals surface area contributed by atoms with Crippen molar-refractivity contribution in [2.45, 2.75) is 26.4 Å². The van der Waals surface area contributed by atoms with Crippen LogP contribution in [0, 0.1) is 11.7 Å². The Balaban J connectivity index is 1.67. The third-order valence-electron chi connectivity index (χ3n) is 4.15. The molecule has 0 aliphatic carbocycles. The molecule has 5 nitrogen and oxygen atoms in total. The van der Waals surface area contributed by atoms with Crippen LogP contribution >= 0.6 is 0 Å².